The molecule has 1 aliphatic heterocycles. The molecule has 4 rings (SSSR count). The van der Waals surface area contributed by atoms with E-state index < -0.39 is 0 Å². The fourth-order valence-corrected chi connectivity index (χ4v) is 6.06. The van der Waals surface area contributed by atoms with Gasteiger partial charge >= 0.3 is 0 Å². The second-order valence-electron chi connectivity index (χ2n) is 6.96. The average Bonchev–Trinajstić information content (AvgIpc) is 3.28. The van der Waals surface area contributed by atoms with E-state index in [1.165, 1.54) is 20.2 Å². The molecule has 2 aromatic rings. The minimum Gasteiger partial charge on any atom is -0.411 e. The summed E-state index contributed by atoms with van der Waals surface area (Å²) in [5, 5.41) is 14.7. The van der Waals surface area contributed by atoms with Gasteiger partial charge in [-0.25, -0.2) is 0 Å². The van der Waals surface area contributed by atoms with Crippen molar-refractivity contribution in [1.29, 1.82) is 0 Å². The van der Waals surface area contributed by atoms with E-state index in [1.54, 1.807) is 23.1 Å². The molecule has 1 fully saturated rings. The zero-order valence-corrected chi connectivity index (χ0v) is 16.7. The molecule has 26 heavy (non-hydrogen) atoms. The highest BCUT2D eigenvalue weighted by Crippen LogP contribution is 2.43. The molecule has 0 unspecified atom stereocenters. The van der Waals surface area contributed by atoms with Crippen LogP contribution in [0.15, 0.2) is 43.9 Å². The lowest BCUT2D eigenvalue weighted by Gasteiger charge is -2.38. The summed E-state index contributed by atoms with van der Waals surface area (Å²) in [6.45, 7) is 2.86. The predicted octanol–water partition coefficient (Wildman–Crippen LogP) is 5.06. The number of methoxy groups -OCH3 is 1. The number of hydrogen-bond acceptors (Lipinski definition) is 6. The van der Waals surface area contributed by atoms with Crippen molar-refractivity contribution in [3.63, 3.8) is 0 Å². The molecule has 2 aliphatic rings. The maximum atomic E-state index is 9.07. The number of aryl methyl sites for hydroxylation is 1. The van der Waals surface area contributed by atoms with Gasteiger partial charge in [-0.1, -0.05) is 23.0 Å². The number of nitrogens with zero attached hydrogens (tertiary/aromatic N) is 1. The molecule has 1 aromatic carbocycles. The minimum absolute atomic E-state index is 0.221. The summed E-state index contributed by atoms with van der Waals surface area (Å²) in [6.07, 6.45) is 3.78. The van der Waals surface area contributed by atoms with Crippen LogP contribution in [-0.2, 0) is 21.5 Å². The van der Waals surface area contributed by atoms with Gasteiger partial charge < -0.3 is 14.7 Å². The molecule has 0 spiro atoms. The van der Waals surface area contributed by atoms with Crippen molar-refractivity contribution in [3.05, 3.63) is 46.3 Å². The van der Waals surface area contributed by atoms with Crippen molar-refractivity contribution in [1.82, 2.24) is 0 Å². The van der Waals surface area contributed by atoms with Crippen molar-refractivity contribution in [2.75, 3.05) is 13.7 Å². The van der Waals surface area contributed by atoms with Gasteiger partial charge in [0.05, 0.1) is 28.2 Å². The molecular weight excluding hydrogens is 366 g/mol. The Hall–Kier alpha value is -1.34. The Morgan fingerprint density at radius 2 is 2.23 bits per heavy atom. The number of thiophene rings is 1. The number of rotatable bonds is 4. The Kier molecular flexibility index (Phi) is 5.10. The van der Waals surface area contributed by atoms with Crippen LogP contribution in [-0.4, -0.2) is 30.7 Å². The van der Waals surface area contributed by atoms with Gasteiger partial charge in [0.15, 0.2) is 0 Å². The first kappa shape index (κ1) is 18.0. The Morgan fingerprint density at radius 3 is 3.00 bits per heavy atom. The van der Waals surface area contributed by atoms with Crippen molar-refractivity contribution >= 4 is 28.8 Å². The standard InChI is InChI=1S/C20H23NO3S2/c1-13-11-20(23-2,7-8-24-13)15-10-19(25-12-15)26-16-4-5-17-14(9-16)3-6-18(17)21-22/h4-5,9-10,12-13,22H,3,6-8,11H2,1-2H3/t13-,20+/m0/s1. The molecule has 1 saturated heterocycles. The van der Waals surface area contributed by atoms with Crippen molar-refractivity contribution in [3.8, 4) is 0 Å². The van der Waals surface area contributed by atoms with Gasteiger partial charge in [0.2, 0.25) is 0 Å². The molecule has 1 aliphatic carbocycles. The number of fused-ring (bicyclic) bond motifs is 1. The zero-order chi connectivity index (χ0) is 18.1. The molecule has 0 radical (unpaired) electrons. The topological polar surface area (TPSA) is 51.0 Å². The van der Waals surface area contributed by atoms with E-state index in [0.29, 0.717) is 0 Å². The van der Waals surface area contributed by atoms with Gasteiger partial charge in [0.25, 0.3) is 0 Å². The Labute approximate surface area is 162 Å². The van der Waals surface area contributed by atoms with Crippen LogP contribution >= 0.6 is 23.1 Å². The van der Waals surface area contributed by atoms with Crippen LogP contribution in [0.3, 0.4) is 0 Å². The highest BCUT2D eigenvalue weighted by Gasteiger charge is 2.38. The Bertz CT molecular complexity index is 832. The third-order valence-corrected chi connectivity index (χ3v) is 7.44. The molecule has 0 bridgehead atoms. The van der Waals surface area contributed by atoms with E-state index in [0.717, 1.165) is 43.6 Å². The quantitative estimate of drug-likeness (QED) is 0.586. The summed E-state index contributed by atoms with van der Waals surface area (Å²) in [4.78, 5) is 1.23. The predicted molar refractivity (Wildman–Crippen MR) is 105 cm³/mol. The molecular formula is C20H23NO3S2. The second kappa shape index (κ2) is 7.35. The summed E-state index contributed by atoms with van der Waals surface area (Å²) < 4.78 is 12.9. The van der Waals surface area contributed by atoms with E-state index in [9.17, 15) is 0 Å². The summed E-state index contributed by atoms with van der Waals surface area (Å²) >= 11 is 3.56. The van der Waals surface area contributed by atoms with Crippen LogP contribution in [0, 0.1) is 0 Å². The van der Waals surface area contributed by atoms with Crippen LogP contribution in [0.4, 0.5) is 0 Å². The van der Waals surface area contributed by atoms with Crippen LogP contribution in [0.5, 0.6) is 0 Å². The first-order valence-corrected chi connectivity index (χ1v) is 10.6. The first-order chi connectivity index (χ1) is 12.6. The molecule has 6 heteroatoms. The first-order valence-electron chi connectivity index (χ1n) is 8.91. The second-order valence-corrected chi connectivity index (χ2v) is 9.24. The van der Waals surface area contributed by atoms with Crippen LogP contribution in [0.1, 0.15) is 42.9 Å². The van der Waals surface area contributed by atoms with E-state index in [1.807, 2.05) is 7.11 Å². The lowest BCUT2D eigenvalue weighted by Crippen LogP contribution is -2.38. The molecule has 2 heterocycles. The van der Waals surface area contributed by atoms with Crippen LogP contribution in [0.25, 0.3) is 0 Å². The SMILES string of the molecule is CO[C@]1(c2csc(Sc3ccc4c(c3)CCC4=NO)c2)CCO[C@@H](C)C1. The zero-order valence-electron chi connectivity index (χ0n) is 15.0. The highest BCUT2D eigenvalue weighted by atomic mass is 32.2. The average molecular weight is 390 g/mol. The fraction of sp³-hybridized carbons (Fsp3) is 0.450. The molecule has 4 nitrogen and oxygen atoms in total. The lowest BCUT2D eigenvalue weighted by molar-refractivity contribution is -0.122. The van der Waals surface area contributed by atoms with E-state index in [2.05, 4.69) is 41.7 Å². The monoisotopic (exact) mass is 389 g/mol. The molecule has 138 valence electrons. The van der Waals surface area contributed by atoms with Gasteiger partial charge in [-0.05, 0) is 54.5 Å². The minimum atomic E-state index is -0.225. The van der Waals surface area contributed by atoms with Crippen molar-refractivity contribution < 1.29 is 14.7 Å². The summed E-state index contributed by atoms with van der Waals surface area (Å²) in [7, 11) is 1.81. The third-order valence-electron chi connectivity index (χ3n) is 5.38. The summed E-state index contributed by atoms with van der Waals surface area (Å²) in [5.41, 5.74) is 4.19. The summed E-state index contributed by atoms with van der Waals surface area (Å²) in [6, 6.07) is 8.68. The van der Waals surface area contributed by atoms with Gasteiger partial charge in [-0.2, -0.15) is 0 Å². The molecule has 0 amide bonds. The van der Waals surface area contributed by atoms with E-state index in [4.69, 9.17) is 14.7 Å². The number of oxime groups is 1. The maximum Gasteiger partial charge on any atom is 0.0982 e. The molecule has 1 aromatic heterocycles. The van der Waals surface area contributed by atoms with Gasteiger partial charge in [0.1, 0.15) is 0 Å². The third kappa shape index (κ3) is 3.31. The largest absolute Gasteiger partial charge is 0.411 e. The molecule has 0 saturated carbocycles. The lowest BCUT2D eigenvalue weighted by atomic mass is 9.85. The number of benzene rings is 1. The normalized spacial score (nSPS) is 27.0. The molecule has 1 N–H and O–H groups in total. The van der Waals surface area contributed by atoms with E-state index >= 15 is 0 Å². The Morgan fingerprint density at radius 1 is 1.35 bits per heavy atom. The number of ether oxygens (including phenoxy) is 2. The van der Waals surface area contributed by atoms with Crippen LogP contribution in [0.2, 0.25) is 0 Å². The van der Waals surface area contributed by atoms with Gasteiger partial charge in [-0.15, -0.1) is 11.3 Å². The van der Waals surface area contributed by atoms with Crippen molar-refractivity contribution in [2.45, 2.75) is 53.4 Å². The van der Waals surface area contributed by atoms with Gasteiger partial charge in [0, 0.05) is 30.4 Å². The van der Waals surface area contributed by atoms with E-state index in [-0.39, 0.29) is 11.7 Å². The van der Waals surface area contributed by atoms with Crippen LogP contribution < -0.4 is 0 Å². The fourth-order valence-electron chi connectivity index (χ4n) is 3.95. The van der Waals surface area contributed by atoms with Gasteiger partial charge in [-0.3, -0.25) is 0 Å². The Balaban J connectivity index is 1.54. The maximum absolute atomic E-state index is 9.07. The highest BCUT2D eigenvalue weighted by molar-refractivity contribution is 8.01. The number of hydrogen-bond donors (Lipinski definition) is 1. The van der Waals surface area contributed by atoms with Crippen molar-refractivity contribution in [2.24, 2.45) is 5.16 Å². The molecule has 2 atom stereocenters. The summed E-state index contributed by atoms with van der Waals surface area (Å²) in [5.74, 6) is 0. The smallest absolute Gasteiger partial charge is 0.0982 e.